The Morgan fingerprint density at radius 1 is 1.35 bits per heavy atom. The first-order valence-electron chi connectivity index (χ1n) is 6.84. The van der Waals surface area contributed by atoms with Crippen LogP contribution < -0.4 is 4.90 Å². The van der Waals surface area contributed by atoms with Crippen molar-refractivity contribution in [2.24, 2.45) is 0 Å². The molecule has 0 aromatic heterocycles. The highest BCUT2D eigenvalue weighted by Crippen LogP contribution is 2.31. The Kier molecular flexibility index (Phi) is 4.55. The zero-order valence-electron chi connectivity index (χ0n) is 11.5. The number of nitro benzene ring substituents is 1. The van der Waals surface area contributed by atoms with Crippen molar-refractivity contribution in [3.63, 3.8) is 0 Å². The molecule has 0 unspecified atom stereocenters. The Labute approximate surface area is 117 Å². The molecule has 0 spiro atoms. The lowest BCUT2D eigenvalue weighted by molar-refractivity contribution is -0.384. The lowest BCUT2D eigenvalue weighted by Crippen LogP contribution is -2.30. The lowest BCUT2D eigenvalue weighted by Gasteiger charge is -2.28. The van der Waals surface area contributed by atoms with Crippen molar-refractivity contribution in [2.45, 2.75) is 26.2 Å². The summed E-state index contributed by atoms with van der Waals surface area (Å²) in [5.74, 6) is -0.527. The van der Waals surface area contributed by atoms with Crippen LogP contribution in [0.15, 0.2) is 18.2 Å². The summed E-state index contributed by atoms with van der Waals surface area (Å²) in [6, 6.07) is 4.55. The van der Waals surface area contributed by atoms with Crippen molar-refractivity contribution in [3.8, 4) is 0 Å². The summed E-state index contributed by atoms with van der Waals surface area (Å²) in [6.07, 6.45) is 3.23. The van der Waals surface area contributed by atoms with E-state index in [2.05, 4.69) is 0 Å². The largest absolute Gasteiger partial charge is 0.462 e. The van der Waals surface area contributed by atoms with Crippen LogP contribution in [-0.2, 0) is 4.74 Å². The number of hydrogen-bond acceptors (Lipinski definition) is 5. The molecule has 0 N–H and O–H groups in total. The summed E-state index contributed by atoms with van der Waals surface area (Å²) in [6.45, 7) is 3.59. The Balaban J connectivity index is 2.32. The van der Waals surface area contributed by atoms with Crippen LogP contribution in [0.5, 0.6) is 0 Å². The minimum absolute atomic E-state index is 0.0301. The average Bonchev–Trinajstić information content (AvgIpc) is 2.47. The highest BCUT2D eigenvalue weighted by molar-refractivity contribution is 5.91. The average molecular weight is 278 g/mol. The number of anilines is 1. The fraction of sp³-hybridized carbons (Fsp3) is 0.500. The van der Waals surface area contributed by atoms with Crippen LogP contribution in [0.2, 0.25) is 0 Å². The van der Waals surface area contributed by atoms with Crippen molar-refractivity contribution in [1.82, 2.24) is 0 Å². The van der Waals surface area contributed by atoms with E-state index >= 15 is 0 Å². The van der Waals surface area contributed by atoms with Crippen LogP contribution >= 0.6 is 0 Å². The number of rotatable bonds is 4. The highest BCUT2D eigenvalue weighted by atomic mass is 16.6. The van der Waals surface area contributed by atoms with Gasteiger partial charge in [-0.3, -0.25) is 10.1 Å². The highest BCUT2D eigenvalue weighted by Gasteiger charge is 2.23. The van der Waals surface area contributed by atoms with E-state index in [0.29, 0.717) is 5.69 Å². The molecule has 6 nitrogen and oxygen atoms in total. The number of ether oxygens (including phenoxy) is 1. The van der Waals surface area contributed by atoms with E-state index in [4.69, 9.17) is 4.74 Å². The van der Waals surface area contributed by atoms with Gasteiger partial charge in [0.2, 0.25) is 0 Å². The molecule has 1 aliphatic rings. The molecular weight excluding hydrogens is 260 g/mol. The van der Waals surface area contributed by atoms with E-state index in [9.17, 15) is 14.9 Å². The number of hydrogen-bond donors (Lipinski definition) is 0. The number of nitrogens with zero attached hydrogens (tertiary/aromatic N) is 2. The van der Waals surface area contributed by atoms with Gasteiger partial charge in [-0.2, -0.15) is 0 Å². The third kappa shape index (κ3) is 3.07. The molecule has 0 amide bonds. The summed E-state index contributed by atoms with van der Waals surface area (Å²) in [5, 5.41) is 11.2. The predicted octanol–water partition coefficient (Wildman–Crippen LogP) is 2.76. The second kappa shape index (κ2) is 6.36. The van der Waals surface area contributed by atoms with Gasteiger partial charge >= 0.3 is 5.97 Å². The standard InChI is InChI=1S/C14H18N2O4/c1-2-20-14(17)11-6-7-12(13(10-11)16(18)19)15-8-4-3-5-9-15/h6-7,10H,2-5,8-9H2,1H3. The molecule has 0 atom stereocenters. The second-order valence-electron chi connectivity index (χ2n) is 4.73. The molecule has 1 heterocycles. The quantitative estimate of drug-likeness (QED) is 0.481. The molecule has 0 aliphatic carbocycles. The van der Waals surface area contributed by atoms with Gasteiger partial charge in [-0.05, 0) is 38.3 Å². The van der Waals surface area contributed by atoms with Gasteiger partial charge in [-0.1, -0.05) is 0 Å². The first-order chi connectivity index (χ1) is 9.63. The molecule has 0 saturated carbocycles. The third-order valence-corrected chi connectivity index (χ3v) is 3.38. The van der Waals surface area contributed by atoms with E-state index in [-0.39, 0.29) is 17.9 Å². The van der Waals surface area contributed by atoms with Gasteiger partial charge in [0.05, 0.1) is 17.1 Å². The molecule has 1 aromatic carbocycles. The molecular formula is C14H18N2O4. The third-order valence-electron chi connectivity index (χ3n) is 3.38. The lowest BCUT2D eigenvalue weighted by atomic mass is 10.1. The predicted molar refractivity (Wildman–Crippen MR) is 75.1 cm³/mol. The normalized spacial score (nSPS) is 14.9. The van der Waals surface area contributed by atoms with E-state index in [0.717, 1.165) is 32.4 Å². The second-order valence-corrected chi connectivity index (χ2v) is 4.73. The van der Waals surface area contributed by atoms with Crippen molar-refractivity contribution < 1.29 is 14.5 Å². The van der Waals surface area contributed by atoms with Crippen LogP contribution in [0.3, 0.4) is 0 Å². The van der Waals surface area contributed by atoms with E-state index < -0.39 is 10.9 Å². The smallest absolute Gasteiger partial charge is 0.338 e. The molecule has 108 valence electrons. The maximum atomic E-state index is 11.6. The number of carbonyl (C=O) groups excluding carboxylic acids is 1. The maximum absolute atomic E-state index is 11.6. The van der Waals surface area contributed by atoms with Crippen LogP contribution in [0.4, 0.5) is 11.4 Å². The molecule has 0 bridgehead atoms. The summed E-state index contributed by atoms with van der Waals surface area (Å²) in [7, 11) is 0. The molecule has 1 saturated heterocycles. The zero-order chi connectivity index (χ0) is 14.5. The Morgan fingerprint density at radius 3 is 2.65 bits per heavy atom. The molecule has 20 heavy (non-hydrogen) atoms. The molecule has 0 radical (unpaired) electrons. The van der Waals surface area contributed by atoms with E-state index in [1.165, 1.54) is 6.07 Å². The first-order valence-corrected chi connectivity index (χ1v) is 6.84. The van der Waals surface area contributed by atoms with Gasteiger partial charge in [0.1, 0.15) is 5.69 Å². The van der Waals surface area contributed by atoms with Gasteiger partial charge < -0.3 is 9.64 Å². The maximum Gasteiger partial charge on any atom is 0.338 e. The van der Waals surface area contributed by atoms with Crippen LogP contribution in [0.1, 0.15) is 36.5 Å². The van der Waals surface area contributed by atoms with Crippen molar-refractivity contribution in [1.29, 1.82) is 0 Å². The van der Waals surface area contributed by atoms with Gasteiger partial charge in [-0.25, -0.2) is 4.79 Å². The van der Waals surface area contributed by atoms with Crippen LogP contribution in [0.25, 0.3) is 0 Å². The van der Waals surface area contributed by atoms with Gasteiger partial charge in [0.25, 0.3) is 5.69 Å². The fourth-order valence-corrected chi connectivity index (χ4v) is 2.41. The van der Waals surface area contributed by atoms with E-state index in [1.807, 2.05) is 4.90 Å². The van der Waals surface area contributed by atoms with Crippen LogP contribution in [0, 0.1) is 10.1 Å². The molecule has 1 aromatic rings. The van der Waals surface area contributed by atoms with E-state index in [1.54, 1.807) is 19.1 Å². The van der Waals surface area contributed by atoms with Gasteiger partial charge in [0, 0.05) is 19.2 Å². The minimum Gasteiger partial charge on any atom is -0.462 e. The SMILES string of the molecule is CCOC(=O)c1ccc(N2CCCCC2)c([N+](=O)[O-])c1. The monoisotopic (exact) mass is 278 g/mol. The Hall–Kier alpha value is -2.11. The summed E-state index contributed by atoms with van der Waals surface area (Å²) < 4.78 is 4.87. The number of piperidine rings is 1. The molecule has 1 aliphatic heterocycles. The number of esters is 1. The van der Waals surface area contributed by atoms with Crippen molar-refractivity contribution in [3.05, 3.63) is 33.9 Å². The Bertz CT molecular complexity index is 510. The molecule has 1 fully saturated rings. The summed E-state index contributed by atoms with van der Waals surface area (Å²) in [4.78, 5) is 24.4. The molecule has 2 rings (SSSR count). The minimum atomic E-state index is -0.527. The first kappa shape index (κ1) is 14.3. The summed E-state index contributed by atoms with van der Waals surface area (Å²) in [5.41, 5.74) is 0.777. The number of nitro groups is 1. The Morgan fingerprint density at radius 2 is 2.05 bits per heavy atom. The number of carbonyl (C=O) groups is 1. The van der Waals surface area contributed by atoms with Crippen molar-refractivity contribution in [2.75, 3.05) is 24.6 Å². The zero-order valence-corrected chi connectivity index (χ0v) is 11.5. The number of benzene rings is 1. The fourth-order valence-electron chi connectivity index (χ4n) is 2.41. The van der Waals surface area contributed by atoms with Crippen LogP contribution in [-0.4, -0.2) is 30.6 Å². The van der Waals surface area contributed by atoms with Gasteiger partial charge in [-0.15, -0.1) is 0 Å². The summed E-state index contributed by atoms with van der Waals surface area (Å²) >= 11 is 0. The van der Waals surface area contributed by atoms with Crippen molar-refractivity contribution >= 4 is 17.3 Å². The molecule has 6 heteroatoms. The van der Waals surface area contributed by atoms with Gasteiger partial charge in [0.15, 0.2) is 0 Å². The topological polar surface area (TPSA) is 72.7 Å².